The van der Waals surface area contributed by atoms with Crippen LogP contribution in [-0.4, -0.2) is 17.8 Å². The van der Waals surface area contributed by atoms with Crippen molar-refractivity contribution in [3.63, 3.8) is 0 Å². The average molecular weight is 359 g/mol. The zero-order chi connectivity index (χ0) is 19.1. The van der Waals surface area contributed by atoms with Crippen molar-refractivity contribution in [2.75, 3.05) is 6.54 Å². The Morgan fingerprint density at radius 1 is 0.654 bits per heavy atom. The first-order valence-electron chi connectivity index (χ1n) is 9.49. The molecule has 0 saturated carbocycles. The Hall–Kier alpha value is -2.23. The molecule has 4 heteroatoms. The monoisotopic (exact) mass is 358 g/mol. The summed E-state index contributed by atoms with van der Waals surface area (Å²) >= 11 is 0. The average Bonchev–Trinajstić information content (AvgIpc) is 2.62. The van der Waals surface area contributed by atoms with Crippen LogP contribution in [0.1, 0.15) is 64.2 Å². The van der Waals surface area contributed by atoms with Gasteiger partial charge < -0.3 is 0 Å². The van der Waals surface area contributed by atoms with Gasteiger partial charge in [-0.1, -0.05) is 67.2 Å². The van der Waals surface area contributed by atoms with Gasteiger partial charge in [-0.15, -0.1) is 0 Å². The van der Waals surface area contributed by atoms with Crippen molar-refractivity contribution in [2.24, 2.45) is 0 Å². The van der Waals surface area contributed by atoms with E-state index in [1.807, 2.05) is 18.4 Å². The molecule has 0 bridgehead atoms. The molecule has 0 aliphatic heterocycles. The molecular weight excluding hydrogens is 326 g/mol. The Morgan fingerprint density at radius 2 is 1.12 bits per heavy atom. The van der Waals surface area contributed by atoms with Crippen LogP contribution in [-0.2, 0) is 4.79 Å². The van der Waals surface area contributed by atoms with E-state index in [0.29, 0.717) is 12.8 Å². The number of unbranched alkanes of at least 4 members (excludes halogenated alkanes) is 4. The first-order chi connectivity index (χ1) is 12.8. The summed E-state index contributed by atoms with van der Waals surface area (Å²) in [4.78, 5) is 19.9. The van der Waals surface area contributed by atoms with E-state index in [-0.39, 0.29) is 11.5 Å². The van der Waals surface area contributed by atoms with Crippen LogP contribution in [0, 0.1) is 10.1 Å². The molecule has 0 aromatic carbocycles. The molecular formula is C22H32NO3. The van der Waals surface area contributed by atoms with Crippen LogP contribution < -0.4 is 0 Å². The summed E-state index contributed by atoms with van der Waals surface area (Å²) in [7, 11) is 0. The highest BCUT2D eigenvalue weighted by atomic mass is 16.6. The smallest absolute Gasteiger partial charge is 0.207 e. The minimum Gasteiger partial charge on any atom is -0.291 e. The molecule has 0 aromatic rings. The molecule has 0 aliphatic rings. The van der Waals surface area contributed by atoms with E-state index in [1.54, 1.807) is 0 Å². The van der Waals surface area contributed by atoms with Gasteiger partial charge in [-0.25, -0.2) is 0 Å². The second-order valence-electron chi connectivity index (χ2n) is 5.89. The van der Waals surface area contributed by atoms with E-state index in [0.717, 1.165) is 51.4 Å². The first kappa shape index (κ1) is 23.8. The number of allylic oxidation sites excluding steroid dienone is 9. The van der Waals surface area contributed by atoms with E-state index < -0.39 is 0 Å². The minimum absolute atomic E-state index is 0.00764. The minimum atomic E-state index is -0.297. The molecule has 4 nitrogen and oxygen atoms in total. The van der Waals surface area contributed by atoms with Crippen molar-refractivity contribution in [3.05, 3.63) is 70.9 Å². The van der Waals surface area contributed by atoms with Crippen molar-refractivity contribution in [2.45, 2.75) is 64.2 Å². The molecule has 0 fully saturated rings. The Morgan fingerprint density at radius 3 is 1.58 bits per heavy atom. The van der Waals surface area contributed by atoms with Crippen LogP contribution in [0.5, 0.6) is 0 Å². The van der Waals surface area contributed by atoms with Crippen molar-refractivity contribution in [1.29, 1.82) is 0 Å². The number of carbonyl (C=O) groups excluding carboxylic acids is 1. The lowest BCUT2D eigenvalue weighted by atomic mass is 10.1. The predicted octanol–water partition coefficient (Wildman–Crippen LogP) is 6.05. The molecule has 0 heterocycles. The van der Waals surface area contributed by atoms with E-state index in [4.69, 9.17) is 0 Å². The molecule has 0 spiro atoms. The molecule has 0 unspecified atom stereocenters. The van der Waals surface area contributed by atoms with E-state index in [9.17, 15) is 14.9 Å². The summed E-state index contributed by atoms with van der Waals surface area (Å²) < 4.78 is 0. The third-order valence-electron chi connectivity index (χ3n) is 3.55. The molecule has 1 radical (unpaired) electrons. The maximum atomic E-state index is 10.1. The van der Waals surface area contributed by atoms with Crippen LogP contribution >= 0.6 is 0 Å². The highest BCUT2D eigenvalue weighted by molar-refractivity contribution is 5.50. The van der Waals surface area contributed by atoms with Gasteiger partial charge in [-0.3, -0.25) is 14.9 Å². The quantitative estimate of drug-likeness (QED) is 0.137. The maximum absolute atomic E-state index is 10.1. The SMILES string of the molecule is O=[C]CCCCCC=CCC=CCC=CCC=CCC=CCC[N+](=O)[O-]. The topological polar surface area (TPSA) is 60.2 Å². The predicted molar refractivity (Wildman–Crippen MR) is 109 cm³/mol. The van der Waals surface area contributed by atoms with Gasteiger partial charge in [-0.05, 0) is 44.9 Å². The highest BCUT2D eigenvalue weighted by Crippen LogP contribution is 2.03. The second kappa shape index (κ2) is 20.8. The van der Waals surface area contributed by atoms with Crippen LogP contribution in [0.2, 0.25) is 0 Å². The number of rotatable bonds is 17. The molecule has 0 rings (SSSR count). The van der Waals surface area contributed by atoms with Gasteiger partial charge in [0.15, 0.2) is 6.29 Å². The Labute approximate surface area is 158 Å². The molecule has 0 atom stereocenters. The lowest BCUT2D eigenvalue weighted by molar-refractivity contribution is -0.478. The fourth-order valence-electron chi connectivity index (χ4n) is 2.14. The molecule has 0 aromatic heterocycles. The number of hydrogen-bond acceptors (Lipinski definition) is 3. The second-order valence-corrected chi connectivity index (χ2v) is 5.89. The Kier molecular flexibility index (Phi) is 19.0. The van der Waals surface area contributed by atoms with Crippen LogP contribution in [0.4, 0.5) is 0 Å². The van der Waals surface area contributed by atoms with Crippen LogP contribution in [0.15, 0.2) is 60.8 Å². The van der Waals surface area contributed by atoms with Gasteiger partial charge in [0, 0.05) is 17.8 Å². The van der Waals surface area contributed by atoms with Crippen LogP contribution in [0.3, 0.4) is 0 Å². The summed E-state index contributed by atoms with van der Waals surface area (Å²) in [5.74, 6) is 0. The van der Waals surface area contributed by atoms with Crippen molar-refractivity contribution in [1.82, 2.24) is 0 Å². The summed E-state index contributed by atoms with van der Waals surface area (Å²) in [6.45, 7) is 0.00764. The molecule has 0 amide bonds. The van der Waals surface area contributed by atoms with Crippen LogP contribution in [0.25, 0.3) is 0 Å². The summed E-state index contributed by atoms with van der Waals surface area (Å²) in [6, 6.07) is 0. The zero-order valence-corrected chi connectivity index (χ0v) is 15.7. The lowest BCUT2D eigenvalue weighted by Crippen LogP contribution is -1.97. The third-order valence-corrected chi connectivity index (χ3v) is 3.55. The fraction of sp³-hybridized carbons (Fsp3) is 0.500. The lowest BCUT2D eigenvalue weighted by Gasteiger charge is -1.92. The number of nitro groups is 1. The third kappa shape index (κ3) is 21.8. The zero-order valence-electron chi connectivity index (χ0n) is 15.7. The van der Waals surface area contributed by atoms with E-state index in [2.05, 4.69) is 48.6 Å². The van der Waals surface area contributed by atoms with Gasteiger partial charge in [-0.2, -0.15) is 0 Å². The largest absolute Gasteiger partial charge is 0.291 e. The molecule has 0 saturated heterocycles. The molecule has 26 heavy (non-hydrogen) atoms. The Bertz CT molecular complexity index is 488. The van der Waals surface area contributed by atoms with E-state index in [1.165, 1.54) is 0 Å². The summed E-state index contributed by atoms with van der Waals surface area (Å²) in [5, 5.41) is 10.1. The fourth-order valence-corrected chi connectivity index (χ4v) is 2.14. The summed E-state index contributed by atoms with van der Waals surface area (Å²) in [5.41, 5.74) is 0. The number of nitrogens with zero attached hydrogens (tertiary/aromatic N) is 1. The van der Waals surface area contributed by atoms with Gasteiger partial charge in [0.1, 0.15) is 0 Å². The highest BCUT2D eigenvalue weighted by Gasteiger charge is 1.90. The van der Waals surface area contributed by atoms with Gasteiger partial charge >= 0.3 is 0 Å². The normalized spacial score (nSPS) is 12.5. The first-order valence-corrected chi connectivity index (χ1v) is 9.49. The van der Waals surface area contributed by atoms with Crippen molar-refractivity contribution >= 4 is 6.29 Å². The molecule has 143 valence electrons. The van der Waals surface area contributed by atoms with Gasteiger partial charge in [0.25, 0.3) is 0 Å². The maximum Gasteiger partial charge on any atom is 0.207 e. The molecule has 0 aliphatic carbocycles. The van der Waals surface area contributed by atoms with Crippen molar-refractivity contribution < 1.29 is 9.72 Å². The van der Waals surface area contributed by atoms with Gasteiger partial charge in [0.2, 0.25) is 6.54 Å². The summed E-state index contributed by atoms with van der Waals surface area (Å²) in [6.07, 6.45) is 32.0. The Balaban J connectivity index is 3.45. The van der Waals surface area contributed by atoms with Crippen molar-refractivity contribution in [3.8, 4) is 0 Å². The standard InChI is InChI=1S/C22H32NO3/c24-22-20-18-16-14-12-10-8-6-4-2-1-3-5-7-9-11-13-15-17-19-21-23(25)26/h2-5,8-11,15,17H,1,6-7,12-14,16,18-21H2. The molecule has 0 N–H and O–H groups in total. The van der Waals surface area contributed by atoms with Gasteiger partial charge in [0.05, 0.1) is 0 Å². The van der Waals surface area contributed by atoms with E-state index >= 15 is 0 Å². The number of hydrogen-bond donors (Lipinski definition) is 0.